The molecule has 10 heteroatoms. The Morgan fingerprint density at radius 1 is 1.00 bits per heavy atom. The molecule has 1 fully saturated rings. The predicted molar refractivity (Wildman–Crippen MR) is 189 cm³/mol. The van der Waals surface area contributed by atoms with Crippen molar-refractivity contribution in [1.82, 2.24) is 4.72 Å². The lowest BCUT2D eigenvalue weighted by Crippen LogP contribution is -2.24. The van der Waals surface area contributed by atoms with Gasteiger partial charge in [0.15, 0.2) is 5.84 Å². The van der Waals surface area contributed by atoms with Gasteiger partial charge in [-0.1, -0.05) is 63.4 Å². The highest BCUT2D eigenvalue weighted by Crippen LogP contribution is 2.46. The van der Waals surface area contributed by atoms with Gasteiger partial charge in [-0.15, -0.1) is 0 Å². The molecule has 48 heavy (non-hydrogen) atoms. The molecular formula is C38H42F2N4O3S. The highest BCUT2D eigenvalue weighted by molar-refractivity contribution is 7.89. The van der Waals surface area contributed by atoms with Crippen molar-refractivity contribution in [2.45, 2.75) is 88.9 Å². The van der Waals surface area contributed by atoms with Crippen molar-refractivity contribution in [1.29, 1.82) is 5.41 Å². The lowest BCUT2D eigenvalue weighted by Gasteiger charge is -2.21. The van der Waals surface area contributed by atoms with Crippen LogP contribution in [0.15, 0.2) is 70.6 Å². The molecule has 2 unspecified atom stereocenters. The molecule has 2 aliphatic rings. The van der Waals surface area contributed by atoms with Gasteiger partial charge < -0.3 is 10.5 Å². The van der Waals surface area contributed by atoms with E-state index in [0.717, 1.165) is 57.9 Å². The lowest BCUT2D eigenvalue weighted by atomic mass is 9.85. The van der Waals surface area contributed by atoms with Crippen LogP contribution in [0.4, 0.5) is 8.78 Å². The molecule has 252 valence electrons. The third kappa shape index (κ3) is 6.60. The van der Waals surface area contributed by atoms with Crippen LogP contribution in [0.2, 0.25) is 0 Å². The van der Waals surface area contributed by atoms with Crippen LogP contribution in [0.25, 0.3) is 21.9 Å². The van der Waals surface area contributed by atoms with Crippen LogP contribution in [0.1, 0.15) is 92.5 Å². The predicted octanol–water partition coefficient (Wildman–Crippen LogP) is 8.80. The standard InChI is InChI=1S/C38H42F2N4O3S/c1-5-6-7-12-43-48(45,46)29-10-8-28(9-11-29)47-33-20-23(21(2)3)15-27-17-30-36(38(42)44-37(30)41)35(34(27)33)26-14-22(4)13-24(16-26)25-18-31(39)32(40)19-25/h8-11,13-17,20-21,25,31-32,43H,5-7,12,18-19H2,1-4H3,(H3,41,42,44). The molecular weight excluding hydrogens is 631 g/mol. The van der Waals surface area contributed by atoms with Gasteiger partial charge in [-0.3, -0.25) is 5.41 Å². The first-order valence-electron chi connectivity index (χ1n) is 16.6. The van der Waals surface area contributed by atoms with E-state index in [1.54, 1.807) is 12.1 Å². The van der Waals surface area contributed by atoms with E-state index in [2.05, 4.69) is 36.6 Å². The summed E-state index contributed by atoms with van der Waals surface area (Å²) in [6.45, 7) is 8.56. The highest BCUT2D eigenvalue weighted by Gasteiger charge is 2.36. The van der Waals surface area contributed by atoms with Gasteiger partial charge in [0, 0.05) is 28.6 Å². The molecule has 1 aliphatic heterocycles. The number of rotatable bonds is 11. The minimum absolute atomic E-state index is 0.0624. The first-order valence-corrected chi connectivity index (χ1v) is 18.1. The van der Waals surface area contributed by atoms with Crippen molar-refractivity contribution in [3.8, 4) is 22.6 Å². The number of halogens is 2. The summed E-state index contributed by atoms with van der Waals surface area (Å²) in [5, 5.41) is 10.2. The molecule has 1 saturated carbocycles. The molecule has 1 heterocycles. The number of aliphatic imine (C=N–C) groups is 1. The van der Waals surface area contributed by atoms with E-state index < -0.39 is 22.4 Å². The molecule has 0 saturated heterocycles. The van der Waals surface area contributed by atoms with Crippen molar-refractivity contribution in [2.24, 2.45) is 10.7 Å². The average Bonchev–Trinajstić information content (AvgIpc) is 3.53. The van der Waals surface area contributed by atoms with Gasteiger partial charge in [0.25, 0.3) is 0 Å². The van der Waals surface area contributed by atoms with Crippen molar-refractivity contribution >= 4 is 32.5 Å². The number of nitrogens with zero attached hydrogens (tertiary/aromatic N) is 1. The van der Waals surface area contributed by atoms with Crippen molar-refractivity contribution < 1.29 is 21.9 Å². The number of unbranched alkanes of at least 4 members (excludes halogenated alkanes) is 2. The number of amidine groups is 2. The quantitative estimate of drug-likeness (QED) is 0.138. The zero-order chi connectivity index (χ0) is 34.3. The number of sulfonamides is 1. The summed E-state index contributed by atoms with van der Waals surface area (Å²) in [5.74, 6) is 1.14. The summed E-state index contributed by atoms with van der Waals surface area (Å²) < 4.78 is 63.6. The van der Waals surface area contributed by atoms with Gasteiger partial charge >= 0.3 is 0 Å². The third-order valence-electron chi connectivity index (χ3n) is 9.34. The van der Waals surface area contributed by atoms with Gasteiger partial charge in [-0.05, 0) is 96.5 Å². The van der Waals surface area contributed by atoms with Gasteiger partial charge in [-0.25, -0.2) is 26.9 Å². The Hall–Kier alpha value is -4.15. The molecule has 1 aliphatic carbocycles. The van der Waals surface area contributed by atoms with E-state index >= 15 is 0 Å². The van der Waals surface area contributed by atoms with Crippen LogP contribution < -0.4 is 15.2 Å². The Bertz CT molecular complexity index is 2020. The maximum Gasteiger partial charge on any atom is 0.240 e. The van der Waals surface area contributed by atoms with Crippen molar-refractivity contribution in [3.63, 3.8) is 0 Å². The summed E-state index contributed by atoms with van der Waals surface area (Å²) in [4.78, 5) is 4.47. The van der Waals surface area contributed by atoms with Gasteiger partial charge in [-0.2, -0.15) is 0 Å². The Morgan fingerprint density at radius 2 is 1.71 bits per heavy atom. The molecule has 0 aromatic heterocycles. The van der Waals surface area contributed by atoms with Crippen LogP contribution in [0, 0.1) is 12.3 Å². The summed E-state index contributed by atoms with van der Waals surface area (Å²) in [7, 11) is -3.67. The highest BCUT2D eigenvalue weighted by atomic mass is 32.2. The summed E-state index contributed by atoms with van der Waals surface area (Å²) in [6, 6.07) is 18.3. The Morgan fingerprint density at radius 3 is 2.38 bits per heavy atom. The average molecular weight is 673 g/mol. The number of nitrogens with two attached hydrogens (primary N) is 1. The number of benzene rings is 4. The molecule has 0 amide bonds. The van der Waals surface area contributed by atoms with Crippen LogP contribution in [-0.2, 0) is 10.0 Å². The van der Waals surface area contributed by atoms with Crippen molar-refractivity contribution in [2.75, 3.05) is 6.54 Å². The van der Waals surface area contributed by atoms with E-state index in [-0.39, 0.29) is 41.2 Å². The second-order valence-electron chi connectivity index (χ2n) is 13.3. The SMILES string of the molecule is CCCCCNS(=O)(=O)c1ccc(Oc2cc(C(C)C)cc3cc4c(c(-c5cc(C)cc(C6CC(F)C(F)C6)c5)c23)C(N)=NC4=N)cc1. The second kappa shape index (κ2) is 13.4. The third-order valence-corrected chi connectivity index (χ3v) is 10.8. The number of ether oxygens (including phenoxy) is 1. The monoisotopic (exact) mass is 672 g/mol. The fraction of sp³-hybridized carbons (Fsp3) is 0.368. The molecule has 7 nitrogen and oxygen atoms in total. The molecule has 4 aromatic carbocycles. The zero-order valence-corrected chi connectivity index (χ0v) is 28.6. The van der Waals surface area contributed by atoms with E-state index in [4.69, 9.17) is 15.9 Å². The molecule has 0 spiro atoms. The Balaban J connectivity index is 1.50. The first kappa shape index (κ1) is 33.7. The maximum atomic E-state index is 14.3. The van der Waals surface area contributed by atoms with Gasteiger partial charge in [0.1, 0.15) is 29.7 Å². The first-order chi connectivity index (χ1) is 22.9. The molecule has 2 atom stereocenters. The minimum atomic E-state index is -3.67. The molecule has 6 rings (SSSR count). The van der Waals surface area contributed by atoms with E-state index in [9.17, 15) is 17.2 Å². The summed E-state index contributed by atoms with van der Waals surface area (Å²) in [6.07, 6.45) is -0.0165. The Kier molecular flexibility index (Phi) is 9.42. The fourth-order valence-corrected chi connectivity index (χ4v) is 7.87. The van der Waals surface area contributed by atoms with Crippen LogP contribution in [0.5, 0.6) is 11.5 Å². The fourth-order valence-electron chi connectivity index (χ4n) is 6.80. The topological polar surface area (TPSA) is 118 Å². The van der Waals surface area contributed by atoms with Gasteiger partial charge in [0.2, 0.25) is 10.0 Å². The van der Waals surface area contributed by atoms with Crippen LogP contribution in [0.3, 0.4) is 0 Å². The summed E-state index contributed by atoms with van der Waals surface area (Å²) >= 11 is 0. The number of hydrogen-bond donors (Lipinski definition) is 3. The number of fused-ring (bicyclic) bond motifs is 2. The van der Waals surface area contributed by atoms with Gasteiger partial charge in [0.05, 0.1) is 4.90 Å². The minimum Gasteiger partial charge on any atom is -0.457 e. The number of hydrogen-bond acceptors (Lipinski definition) is 5. The summed E-state index contributed by atoms with van der Waals surface area (Å²) in [5.41, 5.74) is 12.0. The van der Waals surface area contributed by atoms with E-state index in [0.29, 0.717) is 29.2 Å². The van der Waals surface area contributed by atoms with Crippen LogP contribution in [-0.4, -0.2) is 39.0 Å². The Labute approximate surface area is 281 Å². The maximum absolute atomic E-state index is 14.3. The van der Waals surface area contributed by atoms with E-state index in [1.807, 2.05) is 37.3 Å². The molecule has 4 aromatic rings. The smallest absolute Gasteiger partial charge is 0.240 e. The second-order valence-corrected chi connectivity index (χ2v) is 15.1. The number of alkyl halides is 2. The molecule has 0 bridgehead atoms. The number of aryl methyl sites for hydroxylation is 1. The molecule has 0 radical (unpaired) electrons. The normalized spacial score (nSPS) is 19.3. The molecule has 4 N–H and O–H groups in total. The largest absolute Gasteiger partial charge is 0.457 e. The van der Waals surface area contributed by atoms with E-state index in [1.165, 1.54) is 12.1 Å². The number of nitrogens with one attached hydrogen (secondary N) is 2. The van der Waals surface area contributed by atoms with Crippen molar-refractivity contribution in [3.05, 3.63) is 88.5 Å². The van der Waals surface area contributed by atoms with Crippen LogP contribution >= 0.6 is 0 Å². The lowest BCUT2D eigenvalue weighted by molar-refractivity contribution is 0.199. The zero-order valence-electron chi connectivity index (χ0n) is 27.7.